The lowest BCUT2D eigenvalue weighted by atomic mass is 9.81. The Morgan fingerprint density at radius 1 is 0.958 bits per heavy atom. The maximum absolute atomic E-state index is 12.8. The van der Waals surface area contributed by atoms with Crippen LogP contribution in [0.25, 0.3) is 0 Å². The highest BCUT2D eigenvalue weighted by Crippen LogP contribution is 2.33. The average molecular weight is 324 g/mol. The summed E-state index contributed by atoms with van der Waals surface area (Å²) < 4.78 is 5.58. The van der Waals surface area contributed by atoms with E-state index in [2.05, 4.69) is 0 Å². The van der Waals surface area contributed by atoms with Crippen molar-refractivity contribution in [1.82, 2.24) is 0 Å². The molecule has 0 bridgehead atoms. The highest BCUT2D eigenvalue weighted by Gasteiger charge is 2.42. The number of Topliss-reactive ketones (excluding diaryl/α,β-unsaturated/α-hetero) is 2. The Bertz CT molecular complexity index is 696. The van der Waals surface area contributed by atoms with Gasteiger partial charge in [0.25, 0.3) is 0 Å². The first-order valence-corrected chi connectivity index (χ1v) is 8.10. The Morgan fingerprint density at radius 3 is 2.12 bits per heavy atom. The van der Waals surface area contributed by atoms with E-state index in [1.807, 2.05) is 24.3 Å². The van der Waals surface area contributed by atoms with Crippen molar-refractivity contribution in [3.05, 3.63) is 71.8 Å². The van der Waals surface area contributed by atoms with Crippen LogP contribution in [0.15, 0.2) is 60.7 Å². The standard InChI is InChI=1S/C20H20O4/c21-12-18-19(20(23)15-9-5-2-6-10-15)16(13-24-18)11-17(22)14-7-3-1-4-8-14/h1-10,16,18-19,21H,11-13H2/t16-,18+,19-/m1/s1. The molecule has 24 heavy (non-hydrogen) atoms. The molecule has 1 aliphatic rings. The zero-order valence-electron chi connectivity index (χ0n) is 13.3. The Morgan fingerprint density at radius 2 is 1.54 bits per heavy atom. The fourth-order valence-corrected chi connectivity index (χ4v) is 3.27. The number of hydrogen-bond acceptors (Lipinski definition) is 4. The van der Waals surface area contributed by atoms with Crippen LogP contribution >= 0.6 is 0 Å². The minimum absolute atomic E-state index is 0.00588. The lowest BCUT2D eigenvalue weighted by Crippen LogP contribution is -2.32. The first-order chi connectivity index (χ1) is 11.7. The third kappa shape index (κ3) is 3.45. The van der Waals surface area contributed by atoms with Gasteiger partial charge in [0, 0.05) is 23.5 Å². The summed E-state index contributed by atoms with van der Waals surface area (Å²) in [6.45, 7) is 0.0896. The summed E-state index contributed by atoms with van der Waals surface area (Å²) in [7, 11) is 0. The van der Waals surface area contributed by atoms with E-state index in [1.54, 1.807) is 36.4 Å². The third-order valence-electron chi connectivity index (χ3n) is 4.52. The lowest BCUT2D eigenvalue weighted by molar-refractivity contribution is 0.0374. The molecule has 1 saturated heterocycles. The normalized spacial score (nSPS) is 23.1. The van der Waals surface area contributed by atoms with Gasteiger partial charge in [-0.05, 0) is 0 Å². The second kappa shape index (κ2) is 7.51. The molecule has 1 N–H and O–H groups in total. The topological polar surface area (TPSA) is 63.6 Å². The van der Waals surface area contributed by atoms with Crippen molar-refractivity contribution in [3.63, 3.8) is 0 Å². The van der Waals surface area contributed by atoms with E-state index >= 15 is 0 Å². The Hall–Kier alpha value is -2.30. The number of ketones is 2. The van der Waals surface area contributed by atoms with Gasteiger partial charge in [-0.1, -0.05) is 60.7 Å². The molecule has 1 aliphatic heterocycles. The van der Waals surface area contributed by atoms with E-state index in [4.69, 9.17) is 4.74 Å². The number of aliphatic hydroxyl groups excluding tert-OH is 1. The SMILES string of the molecule is O=C(C[C@@H]1CO[C@@H](CO)[C@@H]1C(=O)c1ccccc1)c1ccccc1. The molecule has 0 amide bonds. The van der Waals surface area contributed by atoms with Crippen LogP contribution in [0.4, 0.5) is 0 Å². The monoisotopic (exact) mass is 324 g/mol. The number of carbonyl (C=O) groups is 2. The van der Waals surface area contributed by atoms with Crippen molar-refractivity contribution in [3.8, 4) is 0 Å². The van der Waals surface area contributed by atoms with Crippen LogP contribution < -0.4 is 0 Å². The van der Waals surface area contributed by atoms with Gasteiger partial charge in [-0.15, -0.1) is 0 Å². The van der Waals surface area contributed by atoms with Crippen LogP contribution in [-0.4, -0.2) is 36.0 Å². The second-order valence-electron chi connectivity index (χ2n) is 6.06. The van der Waals surface area contributed by atoms with Crippen LogP contribution in [0.3, 0.4) is 0 Å². The molecular formula is C20H20O4. The molecule has 0 unspecified atom stereocenters. The van der Waals surface area contributed by atoms with Crippen molar-refractivity contribution in [2.75, 3.05) is 13.2 Å². The second-order valence-corrected chi connectivity index (χ2v) is 6.06. The molecule has 0 aliphatic carbocycles. The van der Waals surface area contributed by atoms with Crippen molar-refractivity contribution in [2.24, 2.45) is 11.8 Å². The summed E-state index contributed by atoms with van der Waals surface area (Å²) in [5.41, 5.74) is 1.22. The van der Waals surface area contributed by atoms with Crippen LogP contribution in [-0.2, 0) is 4.74 Å². The summed E-state index contributed by atoms with van der Waals surface area (Å²) in [6.07, 6.45) is -0.310. The third-order valence-corrected chi connectivity index (χ3v) is 4.52. The molecule has 4 nitrogen and oxygen atoms in total. The Kier molecular flexibility index (Phi) is 5.18. The number of rotatable bonds is 6. The Labute approximate surface area is 141 Å². The molecule has 124 valence electrons. The summed E-state index contributed by atoms with van der Waals surface area (Å²) >= 11 is 0. The molecule has 4 heteroatoms. The number of ether oxygens (including phenoxy) is 1. The largest absolute Gasteiger partial charge is 0.394 e. The molecule has 0 radical (unpaired) electrons. The van der Waals surface area contributed by atoms with E-state index in [9.17, 15) is 14.7 Å². The first-order valence-electron chi connectivity index (χ1n) is 8.10. The first kappa shape index (κ1) is 16.6. The number of aliphatic hydroxyl groups is 1. The number of carbonyl (C=O) groups excluding carboxylic acids is 2. The molecular weight excluding hydrogens is 304 g/mol. The van der Waals surface area contributed by atoms with Gasteiger partial charge in [0.1, 0.15) is 0 Å². The smallest absolute Gasteiger partial charge is 0.169 e. The van der Waals surface area contributed by atoms with E-state index < -0.39 is 12.0 Å². The van der Waals surface area contributed by atoms with Gasteiger partial charge in [0.15, 0.2) is 11.6 Å². The van der Waals surface area contributed by atoms with Crippen LogP contribution in [0.5, 0.6) is 0 Å². The molecule has 0 aromatic heterocycles. The minimum atomic E-state index is -0.550. The van der Waals surface area contributed by atoms with Crippen LogP contribution in [0, 0.1) is 11.8 Å². The summed E-state index contributed by atoms with van der Waals surface area (Å²) in [5, 5.41) is 9.54. The van der Waals surface area contributed by atoms with E-state index in [0.717, 1.165) is 0 Å². The molecule has 3 rings (SSSR count). The Balaban J connectivity index is 1.79. The molecule has 0 saturated carbocycles. The van der Waals surface area contributed by atoms with Crippen molar-refractivity contribution < 1.29 is 19.4 Å². The molecule has 0 spiro atoms. The quantitative estimate of drug-likeness (QED) is 0.830. The fourth-order valence-electron chi connectivity index (χ4n) is 3.27. The molecule has 1 heterocycles. The molecule has 2 aromatic carbocycles. The summed E-state index contributed by atoms with van der Waals surface area (Å²) in [4.78, 5) is 25.3. The van der Waals surface area contributed by atoms with Gasteiger partial charge in [-0.25, -0.2) is 0 Å². The maximum atomic E-state index is 12.8. The lowest BCUT2D eigenvalue weighted by Gasteiger charge is -2.20. The van der Waals surface area contributed by atoms with E-state index in [0.29, 0.717) is 17.7 Å². The molecule has 3 atom stereocenters. The van der Waals surface area contributed by atoms with E-state index in [-0.39, 0.29) is 30.5 Å². The van der Waals surface area contributed by atoms with Gasteiger partial charge in [0.2, 0.25) is 0 Å². The number of benzene rings is 2. The molecule has 2 aromatic rings. The van der Waals surface area contributed by atoms with Crippen molar-refractivity contribution in [1.29, 1.82) is 0 Å². The predicted octanol–water partition coefficient (Wildman–Crippen LogP) is 2.77. The van der Waals surface area contributed by atoms with E-state index in [1.165, 1.54) is 0 Å². The highest BCUT2D eigenvalue weighted by molar-refractivity contribution is 6.00. The zero-order chi connectivity index (χ0) is 16.9. The van der Waals surface area contributed by atoms with Crippen molar-refractivity contribution in [2.45, 2.75) is 12.5 Å². The van der Waals surface area contributed by atoms with Crippen LogP contribution in [0.2, 0.25) is 0 Å². The van der Waals surface area contributed by atoms with Crippen molar-refractivity contribution >= 4 is 11.6 Å². The minimum Gasteiger partial charge on any atom is -0.394 e. The van der Waals surface area contributed by atoms with Gasteiger partial charge < -0.3 is 9.84 Å². The summed E-state index contributed by atoms with van der Waals surface area (Å²) in [6, 6.07) is 18.0. The van der Waals surface area contributed by atoms with Gasteiger partial charge in [0.05, 0.1) is 25.2 Å². The summed E-state index contributed by atoms with van der Waals surface area (Å²) in [5.74, 6) is -0.792. The molecule has 1 fully saturated rings. The van der Waals surface area contributed by atoms with Gasteiger partial charge in [-0.2, -0.15) is 0 Å². The van der Waals surface area contributed by atoms with Gasteiger partial charge in [-0.3, -0.25) is 9.59 Å². The predicted molar refractivity (Wildman–Crippen MR) is 90.0 cm³/mol. The average Bonchev–Trinajstić information content (AvgIpc) is 3.05. The fraction of sp³-hybridized carbons (Fsp3) is 0.300. The van der Waals surface area contributed by atoms with Crippen LogP contribution in [0.1, 0.15) is 27.1 Å². The van der Waals surface area contributed by atoms with Gasteiger partial charge >= 0.3 is 0 Å². The maximum Gasteiger partial charge on any atom is 0.169 e. The highest BCUT2D eigenvalue weighted by atomic mass is 16.5. The number of hydrogen-bond donors (Lipinski definition) is 1. The zero-order valence-corrected chi connectivity index (χ0v) is 13.3.